The first-order valence-corrected chi connectivity index (χ1v) is 5.96. The van der Waals surface area contributed by atoms with Gasteiger partial charge in [0.2, 0.25) is 5.91 Å². The minimum absolute atomic E-state index is 0.243. The second-order valence-corrected chi connectivity index (χ2v) is 4.88. The largest absolute Gasteiger partial charge is 0.351 e. The van der Waals surface area contributed by atoms with Crippen molar-refractivity contribution in [2.45, 2.75) is 37.4 Å². The number of carbonyl (C=O) groups is 1. The third-order valence-corrected chi connectivity index (χ3v) is 3.43. The number of nitrogens with zero attached hydrogens (tertiary/aromatic N) is 2. The van der Waals surface area contributed by atoms with E-state index in [2.05, 4.69) is 15.7 Å². The van der Waals surface area contributed by atoms with Crippen LogP contribution >= 0.6 is 0 Å². The Balaban J connectivity index is 1.65. The summed E-state index contributed by atoms with van der Waals surface area (Å²) in [5.41, 5.74) is 0.931. The van der Waals surface area contributed by atoms with Crippen molar-refractivity contribution in [3.8, 4) is 0 Å². The fourth-order valence-electron chi connectivity index (χ4n) is 2.45. The lowest BCUT2D eigenvalue weighted by Gasteiger charge is -2.36. The van der Waals surface area contributed by atoms with Gasteiger partial charge in [-0.3, -0.25) is 9.48 Å². The number of aromatic nitrogens is 2. The Kier molecular flexibility index (Phi) is 2.58. The molecule has 2 heterocycles. The molecule has 7 heteroatoms. The van der Waals surface area contributed by atoms with Gasteiger partial charge in [-0.2, -0.15) is 5.10 Å². The van der Waals surface area contributed by atoms with Crippen LogP contribution in [0.4, 0.5) is 8.78 Å². The fraction of sp³-hybridized carbons (Fsp3) is 0.636. The van der Waals surface area contributed by atoms with E-state index in [9.17, 15) is 13.6 Å². The van der Waals surface area contributed by atoms with Crippen molar-refractivity contribution in [3.63, 3.8) is 0 Å². The Morgan fingerprint density at radius 3 is 3.06 bits per heavy atom. The molecule has 98 valence electrons. The minimum atomic E-state index is -2.61. The summed E-state index contributed by atoms with van der Waals surface area (Å²) in [6.07, 6.45) is 1.12. The second kappa shape index (κ2) is 4.01. The molecule has 1 aromatic heterocycles. The molecule has 3 rings (SSSR count). The molecule has 0 spiro atoms. The highest BCUT2D eigenvalue weighted by atomic mass is 19.3. The SMILES string of the molecule is O=C(NC1CC(F)(F)C1)[C@H]1CNCc2ccnn21. The number of fused-ring (bicyclic) bond motifs is 1. The molecule has 0 unspecified atom stereocenters. The van der Waals surface area contributed by atoms with E-state index in [1.54, 1.807) is 10.9 Å². The molecule has 2 N–H and O–H groups in total. The van der Waals surface area contributed by atoms with Crippen molar-refractivity contribution in [1.29, 1.82) is 0 Å². The smallest absolute Gasteiger partial charge is 0.252 e. The summed E-state index contributed by atoms with van der Waals surface area (Å²) < 4.78 is 27.0. The Bertz CT molecular complexity index is 465. The number of rotatable bonds is 2. The van der Waals surface area contributed by atoms with E-state index in [-0.39, 0.29) is 18.7 Å². The van der Waals surface area contributed by atoms with Gasteiger partial charge in [-0.25, -0.2) is 8.78 Å². The molecular formula is C11H14F2N4O. The number of carbonyl (C=O) groups excluding carboxylic acids is 1. The molecule has 5 nitrogen and oxygen atoms in total. The van der Waals surface area contributed by atoms with Gasteiger partial charge in [-0.1, -0.05) is 0 Å². The average molecular weight is 256 g/mol. The van der Waals surface area contributed by atoms with E-state index in [1.165, 1.54) is 0 Å². The summed E-state index contributed by atoms with van der Waals surface area (Å²) >= 11 is 0. The lowest BCUT2D eigenvalue weighted by Crippen LogP contribution is -2.53. The monoisotopic (exact) mass is 256 g/mol. The summed E-state index contributed by atoms with van der Waals surface area (Å²) in [5.74, 6) is -2.85. The molecule has 2 aliphatic rings. The Hall–Kier alpha value is -1.50. The summed E-state index contributed by atoms with van der Waals surface area (Å²) in [4.78, 5) is 12.0. The summed E-state index contributed by atoms with van der Waals surface area (Å²) in [7, 11) is 0. The first-order chi connectivity index (χ1) is 8.55. The highest BCUT2D eigenvalue weighted by Gasteiger charge is 2.46. The van der Waals surface area contributed by atoms with Crippen LogP contribution in [0.5, 0.6) is 0 Å². The molecule has 1 fully saturated rings. The maximum Gasteiger partial charge on any atom is 0.252 e. The van der Waals surface area contributed by atoms with Crippen molar-refractivity contribution in [1.82, 2.24) is 20.4 Å². The average Bonchev–Trinajstić information content (AvgIpc) is 2.73. The molecule has 18 heavy (non-hydrogen) atoms. The zero-order chi connectivity index (χ0) is 12.8. The maximum absolute atomic E-state index is 12.7. The number of hydrogen-bond acceptors (Lipinski definition) is 3. The minimum Gasteiger partial charge on any atom is -0.351 e. The highest BCUT2D eigenvalue weighted by Crippen LogP contribution is 2.37. The lowest BCUT2D eigenvalue weighted by molar-refractivity contribution is -0.132. The van der Waals surface area contributed by atoms with Gasteiger partial charge >= 0.3 is 0 Å². The normalized spacial score (nSPS) is 26.2. The maximum atomic E-state index is 12.7. The Labute approximate surface area is 103 Å². The van der Waals surface area contributed by atoms with Crippen LogP contribution in [0.25, 0.3) is 0 Å². The molecule has 0 radical (unpaired) electrons. The van der Waals surface area contributed by atoms with E-state index in [4.69, 9.17) is 0 Å². The zero-order valence-electron chi connectivity index (χ0n) is 9.70. The van der Waals surface area contributed by atoms with Crippen LogP contribution in [-0.2, 0) is 11.3 Å². The van der Waals surface area contributed by atoms with Crippen LogP contribution in [0.2, 0.25) is 0 Å². The molecule has 1 atom stereocenters. The summed E-state index contributed by atoms with van der Waals surface area (Å²) in [5, 5.41) is 9.87. The van der Waals surface area contributed by atoms with Crippen molar-refractivity contribution < 1.29 is 13.6 Å². The van der Waals surface area contributed by atoms with Crippen LogP contribution in [0.1, 0.15) is 24.6 Å². The molecule has 0 aromatic carbocycles. The van der Waals surface area contributed by atoms with Gasteiger partial charge in [-0.15, -0.1) is 0 Å². The summed E-state index contributed by atoms with van der Waals surface area (Å²) in [6.45, 7) is 1.15. The predicted octanol–water partition coefficient (Wildman–Crippen LogP) is 0.441. The summed E-state index contributed by atoms with van der Waals surface area (Å²) in [6, 6.07) is 0.982. The lowest BCUT2D eigenvalue weighted by atomic mass is 9.88. The molecule has 0 bridgehead atoms. The quantitative estimate of drug-likeness (QED) is 0.807. The second-order valence-electron chi connectivity index (χ2n) is 4.88. The van der Waals surface area contributed by atoms with Gasteiger partial charge < -0.3 is 10.6 Å². The van der Waals surface area contributed by atoms with E-state index in [0.29, 0.717) is 13.1 Å². The third-order valence-electron chi connectivity index (χ3n) is 3.43. The molecule has 1 aliphatic heterocycles. The van der Waals surface area contributed by atoms with Crippen LogP contribution < -0.4 is 10.6 Å². The van der Waals surface area contributed by atoms with Gasteiger partial charge in [0.1, 0.15) is 6.04 Å². The van der Waals surface area contributed by atoms with Crippen molar-refractivity contribution in [3.05, 3.63) is 18.0 Å². The van der Waals surface area contributed by atoms with Gasteiger partial charge in [0.05, 0.1) is 5.69 Å². The molecule has 1 saturated carbocycles. The number of nitrogens with one attached hydrogen (secondary N) is 2. The third kappa shape index (κ3) is 1.98. The number of hydrogen-bond donors (Lipinski definition) is 2. The molecule has 1 aromatic rings. The van der Waals surface area contributed by atoms with Gasteiger partial charge in [0, 0.05) is 38.2 Å². The van der Waals surface area contributed by atoms with E-state index in [0.717, 1.165) is 5.69 Å². The van der Waals surface area contributed by atoms with Crippen molar-refractivity contribution in [2.75, 3.05) is 6.54 Å². The zero-order valence-corrected chi connectivity index (χ0v) is 9.70. The number of amides is 1. The predicted molar refractivity (Wildman–Crippen MR) is 59.1 cm³/mol. The van der Waals surface area contributed by atoms with Crippen molar-refractivity contribution >= 4 is 5.91 Å². The molecule has 1 aliphatic carbocycles. The van der Waals surface area contributed by atoms with Gasteiger partial charge in [0.15, 0.2) is 0 Å². The fourth-order valence-corrected chi connectivity index (χ4v) is 2.45. The molecule has 1 amide bonds. The first-order valence-electron chi connectivity index (χ1n) is 5.96. The highest BCUT2D eigenvalue weighted by molar-refractivity contribution is 5.81. The van der Waals surface area contributed by atoms with E-state index in [1.807, 2.05) is 6.07 Å². The van der Waals surface area contributed by atoms with E-state index >= 15 is 0 Å². The van der Waals surface area contributed by atoms with Crippen LogP contribution in [0.3, 0.4) is 0 Å². The van der Waals surface area contributed by atoms with Gasteiger partial charge in [-0.05, 0) is 6.07 Å². The number of halogens is 2. The van der Waals surface area contributed by atoms with Crippen LogP contribution in [-0.4, -0.2) is 34.2 Å². The van der Waals surface area contributed by atoms with Crippen LogP contribution in [0, 0.1) is 0 Å². The number of alkyl halides is 2. The molecular weight excluding hydrogens is 242 g/mol. The topological polar surface area (TPSA) is 59.0 Å². The van der Waals surface area contributed by atoms with Crippen molar-refractivity contribution in [2.24, 2.45) is 0 Å². The van der Waals surface area contributed by atoms with E-state index < -0.39 is 18.0 Å². The van der Waals surface area contributed by atoms with Crippen LogP contribution in [0.15, 0.2) is 12.3 Å². The Morgan fingerprint density at radius 2 is 2.33 bits per heavy atom. The van der Waals surface area contributed by atoms with Gasteiger partial charge in [0.25, 0.3) is 5.92 Å². The standard InChI is InChI=1S/C11H14F2N4O/c12-11(13)3-7(4-11)16-10(18)9-6-14-5-8-1-2-15-17(8)9/h1-2,7,9,14H,3-6H2,(H,16,18)/t9-/m1/s1. The Morgan fingerprint density at radius 1 is 1.56 bits per heavy atom. The first kappa shape index (κ1) is 11.6. The molecule has 0 saturated heterocycles.